The van der Waals surface area contributed by atoms with E-state index in [2.05, 4.69) is 12.2 Å². The lowest BCUT2D eigenvalue weighted by molar-refractivity contribution is -0.124. The molecule has 0 bridgehead atoms. The predicted octanol–water partition coefficient (Wildman–Crippen LogP) is 1.84. The number of nitrogens with two attached hydrogens (primary N) is 1. The number of nitrogens with one attached hydrogen (secondary N) is 1. The van der Waals surface area contributed by atoms with Crippen LogP contribution in [0.2, 0.25) is 0 Å². The summed E-state index contributed by atoms with van der Waals surface area (Å²) in [4.78, 5) is 11.5. The fourth-order valence-electron chi connectivity index (χ4n) is 1.75. The number of ether oxygens (including phenoxy) is 2. The van der Waals surface area contributed by atoms with E-state index in [9.17, 15) is 4.79 Å². The van der Waals surface area contributed by atoms with Gasteiger partial charge in [-0.25, -0.2) is 0 Å². The van der Waals surface area contributed by atoms with Gasteiger partial charge in [-0.1, -0.05) is 6.92 Å². The fraction of sp³-hybridized carbons (Fsp3) is 0.933. The van der Waals surface area contributed by atoms with Crippen LogP contribution in [0.5, 0.6) is 0 Å². The summed E-state index contributed by atoms with van der Waals surface area (Å²) in [6, 6.07) is 0. The average Bonchev–Trinajstić information content (AvgIpc) is 2.40. The molecule has 0 aromatic heterocycles. The minimum Gasteiger partial charge on any atom is -0.381 e. The van der Waals surface area contributed by atoms with Crippen molar-refractivity contribution in [2.45, 2.75) is 64.5 Å². The number of amides is 1. The Hall–Kier alpha value is -0.650. The molecule has 0 saturated heterocycles. The SMILES string of the molecule is CCCNC(C)(CCCOCCC(C)(C)OC)C(N)=O. The molecule has 1 atom stereocenters. The Morgan fingerprint density at radius 2 is 1.85 bits per heavy atom. The highest BCUT2D eigenvalue weighted by Gasteiger charge is 2.29. The summed E-state index contributed by atoms with van der Waals surface area (Å²) in [5.74, 6) is -0.300. The van der Waals surface area contributed by atoms with E-state index in [1.165, 1.54) is 0 Å². The van der Waals surface area contributed by atoms with Gasteiger partial charge in [0.15, 0.2) is 0 Å². The van der Waals surface area contributed by atoms with Crippen LogP contribution in [0.3, 0.4) is 0 Å². The van der Waals surface area contributed by atoms with E-state index in [1.54, 1.807) is 7.11 Å². The third-order valence-electron chi connectivity index (χ3n) is 3.68. The summed E-state index contributed by atoms with van der Waals surface area (Å²) in [7, 11) is 1.71. The van der Waals surface area contributed by atoms with E-state index >= 15 is 0 Å². The Balaban J connectivity index is 3.88. The predicted molar refractivity (Wildman–Crippen MR) is 81.7 cm³/mol. The van der Waals surface area contributed by atoms with Crippen LogP contribution in [0.15, 0.2) is 0 Å². The van der Waals surface area contributed by atoms with Gasteiger partial charge in [0.25, 0.3) is 0 Å². The molecule has 0 rings (SSSR count). The molecule has 0 aliphatic heterocycles. The number of hydrogen-bond donors (Lipinski definition) is 2. The van der Waals surface area contributed by atoms with E-state index in [0.29, 0.717) is 19.6 Å². The molecule has 0 aliphatic carbocycles. The van der Waals surface area contributed by atoms with Crippen molar-refractivity contribution in [2.75, 3.05) is 26.9 Å². The Labute approximate surface area is 123 Å². The summed E-state index contributed by atoms with van der Waals surface area (Å²) >= 11 is 0. The second-order valence-corrected chi connectivity index (χ2v) is 6.05. The number of carbonyl (C=O) groups is 1. The zero-order valence-electron chi connectivity index (χ0n) is 13.8. The maximum Gasteiger partial charge on any atom is 0.237 e. The van der Waals surface area contributed by atoms with Crippen LogP contribution in [0.4, 0.5) is 0 Å². The van der Waals surface area contributed by atoms with Crippen molar-refractivity contribution in [3.05, 3.63) is 0 Å². The molecule has 0 radical (unpaired) electrons. The zero-order valence-corrected chi connectivity index (χ0v) is 13.8. The second kappa shape index (κ2) is 9.32. The molecule has 3 N–H and O–H groups in total. The molecule has 1 unspecified atom stereocenters. The lowest BCUT2D eigenvalue weighted by atomic mass is 9.95. The van der Waals surface area contributed by atoms with E-state index in [4.69, 9.17) is 15.2 Å². The molecule has 5 nitrogen and oxygen atoms in total. The highest BCUT2D eigenvalue weighted by atomic mass is 16.5. The number of carbonyl (C=O) groups excluding carboxylic acids is 1. The average molecular weight is 288 g/mol. The molecular formula is C15H32N2O3. The van der Waals surface area contributed by atoms with Crippen molar-refractivity contribution >= 4 is 5.91 Å². The maximum atomic E-state index is 11.5. The molecule has 0 saturated carbocycles. The molecule has 0 heterocycles. The van der Waals surface area contributed by atoms with Crippen molar-refractivity contribution < 1.29 is 14.3 Å². The van der Waals surface area contributed by atoms with Gasteiger partial charge >= 0.3 is 0 Å². The molecule has 5 heteroatoms. The highest BCUT2D eigenvalue weighted by molar-refractivity contribution is 5.84. The molecule has 20 heavy (non-hydrogen) atoms. The van der Waals surface area contributed by atoms with E-state index in [-0.39, 0.29) is 11.5 Å². The van der Waals surface area contributed by atoms with Gasteiger partial charge in [-0.3, -0.25) is 4.79 Å². The van der Waals surface area contributed by atoms with E-state index in [0.717, 1.165) is 25.8 Å². The number of primary amides is 1. The Kier molecular flexibility index (Phi) is 9.01. The monoisotopic (exact) mass is 288 g/mol. The van der Waals surface area contributed by atoms with E-state index in [1.807, 2.05) is 20.8 Å². The molecule has 1 amide bonds. The summed E-state index contributed by atoms with van der Waals surface area (Å²) in [6.07, 6.45) is 3.33. The van der Waals surface area contributed by atoms with Crippen LogP contribution in [0.25, 0.3) is 0 Å². The van der Waals surface area contributed by atoms with Gasteiger partial charge in [-0.05, 0) is 53.0 Å². The van der Waals surface area contributed by atoms with E-state index < -0.39 is 5.54 Å². The van der Waals surface area contributed by atoms with Crippen molar-refractivity contribution in [2.24, 2.45) is 5.73 Å². The number of rotatable bonds is 12. The minimum atomic E-state index is -0.634. The van der Waals surface area contributed by atoms with Crippen molar-refractivity contribution in [3.8, 4) is 0 Å². The van der Waals surface area contributed by atoms with Gasteiger partial charge in [0.1, 0.15) is 0 Å². The summed E-state index contributed by atoms with van der Waals surface area (Å²) in [6.45, 7) is 10.1. The normalized spacial score (nSPS) is 15.1. The van der Waals surface area contributed by atoms with Gasteiger partial charge in [-0.15, -0.1) is 0 Å². The first-order valence-corrected chi connectivity index (χ1v) is 7.45. The molecule has 0 aliphatic rings. The third kappa shape index (κ3) is 7.82. The maximum absolute atomic E-state index is 11.5. The summed E-state index contributed by atoms with van der Waals surface area (Å²) in [5, 5.41) is 3.22. The molecule has 0 spiro atoms. The first-order valence-electron chi connectivity index (χ1n) is 7.45. The Bertz CT molecular complexity index is 282. The van der Waals surface area contributed by atoms with Crippen LogP contribution in [-0.4, -0.2) is 43.9 Å². The van der Waals surface area contributed by atoms with Crippen LogP contribution in [-0.2, 0) is 14.3 Å². The van der Waals surface area contributed by atoms with Gasteiger partial charge in [0.05, 0.1) is 11.1 Å². The van der Waals surface area contributed by atoms with Crippen LogP contribution in [0, 0.1) is 0 Å². The Morgan fingerprint density at radius 1 is 1.20 bits per heavy atom. The lowest BCUT2D eigenvalue weighted by Crippen LogP contribution is -2.53. The standard InChI is InChI=1S/C15H32N2O3/c1-6-10-17-15(4,13(16)18)8-7-11-20-12-9-14(2,3)19-5/h17H,6-12H2,1-5H3,(H2,16,18). The van der Waals surface area contributed by atoms with Gasteiger partial charge < -0.3 is 20.5 Å². The van der Waals surface area contributed by atoms with Crippen molar-refractivity contribution in [3.63, 3.8) is 0 Å². The lowest BCUT2D eigenvalue weighted by Gasteiger charge is -2.27. The summed E-state index contributed by atoms with van der Waals surface area (Å²) in [5.41, 5.74) is 4.69. The smallest absolute Gasteiger partial charge is 0.237 e. The van der Waals surface area contributed by atoms with Gasteiger partial charge in [0.2, 0.25) is 5.91 Å². The van der Waals surface area contributed by atoms with Crippen LogP contribution >= 0.6 is 0 Å². The minimum absolute atomic E-state index is 0.148. The number of hydrogen-bond acceptors (Lipinski definition) is 4. The van der Waals surface area contributed by atoms with Crippen LogP contribution < -0.4 is 11.1 Å². The van der Waals surface area contributed by atoms with Crippen molar-refractivity contribution in [1.82, 2.24) is 5.32 Å². The molecule has 0 aromatic carbocycles. The topological polar surface area (TPSA) is 73.6 Å². The summed E-state index contributed by atoms with van der Waals surface area (Å²) < 4.78 is 10.9. The largest absolute Gasteiger partial charge is 0.381 e. The number of methoxy groups -OCH3 is 1. The highest BCUT2D eigenvalue weighted by Crippen LogP contribution is 2.14. The zero-order chi connectivity index (χ0) is 15.6. The quantitative estimate of drug-likeness (QED) is 0.537. The fourth-order valence-corrected chi connectivity index (χ4v) is 1.75. The molecule has 120 valence electrons. The second-order valence-electron chi connectivity index (χ2n) is 6.05. The molecular weight excluding hydrogens is 256 g/mol. The first kappa shape index (κ1) is 19.4. The molecule has 0 fully saturated rings. The Morgan fingerprint density at radius 3 is 2.35 bits per heavy atom. The molecule has 0 aromatic rings. The third-order valence-corrected chi connectivity index (χ3v) is 3.68. The van der Waals surface area contributed by atoms with Crippen LogP contribution in [0.1, 0.15) is 53.4 Å². The van der Waals surface area contributed by atoms with Crippen molar-refractivity contribution in [1.29, 1.82) is 0 Å². The van der Waals surface area contributed by atoms with Gasteiger partial charge in [0, 0.05) is 20.3 Å². The van der Waals surface area contributed by atoms with Gasteiger partial charge in [-0.2, -0.15) is 0 Å². The first-order chi connectivity index (χ1) is 9.27.